The number of benzene rings is 1. The minimum atomic E-state index is -3.24. The summed E-state index contributed by atoms with van der Waals surface area (Å²) in [6.07, 6.45) is 1.13. The molecule has 1 heterocycles. The summed E-state index contributed by atoms with van der Waals surface area (Å²) in [5.41, 5.74) is 5.90. The van der Waals surface area contributed by atoms with E-state index in [1.54, 1.807) is 0 Å². The van der Waals surface area contributed by atoms with Crippen molar-refractivity contribution in [3.05, 3.63) is 42.1 Å². The van der Waals surface area contributed by atoms with Gasteiger partial charge >= 0.3 is 0 Å². The first-order valence-electron chi connectivity index (χ1n) is 5.55. The van der Waals surface area contributed by atoms with Gasteiger partial charge in [-0.2, -0.15) is 5.26 Å². The zero-order valence-electron chi connectivity index (χ0n) is 10.6. The zero-order valence-corrected chi connectivity index (χ0v) is 11.4. The second kappa shape index (κ2) is 5.19. The third kappa shape index (κ3) is 3.05. The van der Waals surface area contributed by atoms with Gasteiger partial charge in [-0.05, 0) is 30.3 Å². The first kappa shape index (κ1) is 13.8. The molecule has 0 amide bonds. The molecule has 2 aromatic rings. The van der Waals surface area contributed by atoms with Gasteiger partial charge in [0.1, 0.15) is 11.8 Å². The molecular weight excluding hydrogens is 278 g/mol. The number of sulfone groups is 1. The topological polar surface area (TPSA) is 106 Å². The maximum atomic E-state index is 11.3. The first-order chi connectivity index (χ1) is 9.40. The summed E-state index contributed by atoms with van der Waals surface area (Å²) in [6.45, 7) is 0. The van der Waals surface area contributed by atoms with E-state index in [0.717, 1.165) is 6.26 Å². The van der Waals surface area contributed by atoms with Crippen molar-refractivity contribution < 1.29 is 13.2 Å². The Morgan fingerprint density at radius 1 is 1.20 bits per heavy atom. The van der Waals surface area contributed by atoms with E-state index >= 15 is 0 Å². The third-order valence-corrected chi connectivity index (χ3v) is 3.61. The van der Waals surface area contributed by atoms with Gasteiger partial charge in [-0.15, -0.1) is 0 Å². The molecule has 2 N–H and O–H groups in total. The van der Waals surface area contributed by atoms with Gasteiger partial charge < -0.3 is 10.5 Å². The summed E-state index contributed by atoms with van der Waals surface area (Å²) in [5, 5.41) is 8.82. The summed E-state index contributed by atoms with van der Waals surface area (Å²) < 4.78 is 28.1. The number of rotatable bonds is 3. The molecule has 0 aliphatic rings. The van der Waals surface area contributed by atoms with E-state index in [-0.39, 0.29) is 22.2 Å². The minimum Gasteiger partial charge on any atom is -0.439 e. The number of ether oxygens (including phenoxy) is 1. The van der Waals surface area contributed by atoms with E-state index < -0.39 is 9.84 Å². The molecule has 0 saturated carbocycles. The van der Waals surface area contributed by atoms with Gasteiger partial charge in [0.05, 0.1) is 10.6 Å². The van der Waals surface area contributed by atoms with Gasteiger partial charge in [0.2, 0.25) is 5.88 Å². The quantitative estimate of drug-likeness (QED) is 0.922. The second-order valence-corrected chi connectivity index (χ2v) is 6.06. The van der Waals surface area contributed by atoms with Crippen molar-refractivity contribution in [1.29, 1.82) is 5.26 Å². The van der Waals surface area contributed by atoms with E-state index in [1.165, 1.54) is 36.4 Å². The average molecular weight is 289 g/mol. The number of hydrogen-bond acceptors (Lipinski definition) is 6. The molecule has 0 atom stereocenters. The molecule has 1 aromatic heterocycles. The van der Waals surface area contributed by atoms with Crippen LogP contribution in [0.25, 0.3) is 0 Å². The molecule has 7 heteroatoms. The highest BCUT2D eigenvalue weighted by molar-refractivity contribution is 7.90. The van der Waals surface area contributed by atoms with E-state index in [9.17, 15) is 8.42 Å². The van der Waals surface area contributed by atoms with Gasteiger partial charge in [-0.3, -0.25) is 0 Å². The number of nitrogen functional groups attached to an aromatic ring is 1. The van der Waals surface area contributed by atoms with E-state index in [2.05, 4.69) is 4.98 Å². The van der Waals surface area contributed by atoms with Crippen molar-refractivity contribution in [3.63, 3.8) is 0 Å². The summed E-state index contributed by atoms with van der Waals surface area (Å²) >= 11 is 0. The summed E-state index contributed by atoms with van der Waals surface area (Å²) in [5.74, 6) is 0.626. The standard InChI is InChI=1S/C13H11N3O3S/c1-20(17,18)10-4-2-9(3-5-10)19-13-7-6-11(15)12(8-14)16-13/h2-7H,15H2,1H3. The van der Waals surface area contributed by atoms with Gasteiger partial charge in [0, 0.05) is 12.3 Å². The molecule has 0 bridgehead atoms. The predicted octanol–water partition coefficient (Wildman–Crippen LogP) is 1.73. The average Bonchev–Trinajstić information content (AvgIpc) is 2.40. The van der Waals surface area contributed by atoms with Crippen LogP contribution in [0.3, 0.4) is 0 Å². The molecule has 0 fully saturated rings. The van der Waals surface area contributed by atoms with Crippen LogP contribution in [0.1, 0.15) is 5.69 Å². The molecule has 2 rings (SSSR count). The largest absolute Gasteiger partial charge is 0.439 e. The lowest BCUT2D eigenvalue weighted by Gasteiger charge is -2.06. The molecular formula is C13H11N3O3S. The van der Waals surface area contributed by atoms with Gasteiger partial charge in [-0.1, -0.05) is 0 Å². The van der Waals surface area contributed by atoms with Crippen LogP contribution in [0.5, 0.6) is 11.6 Å². The third-order valence-electron chi connectivity index (χ3n) is 2.48. The van der Waals surface area contributed by atoms with Crippen molar-refractivity contribution in [1.82, 2.24) is 4.98 Å². The Hall–Kier alpha value is -2.59. The number of anilines is 1. The molecule has 6 nitrogen and oxygen atoms in total. The number of nitrogens with zero attached hydrogens (tertiary/aromatic N) is 2. The fraction of sp³-hybridized carbons (Fsp3) is 0.0769. The van der Waals surface area contributed by atoms with E-state index in [0.29, 0.717) is 5.75 Å². The Morgan fingerprint density at radius 3 is 2.40 bits per heavy atom. The Labute approximate surface area is 116 Å². The molecule has 0 radical (unpaired) electrons. The Morgan fingerprint density at radius 2 is 1.85 bits per heavy atom. The molecule has 0 unspecified atom stereocenters. The van der Waals surface area contributed by atoms with Crippen LogP contribution in [0.2, 0.25) is 0 Å². The maximum absolute atomic E-state index is 11.3. The van der Waals surface area contributed by atoms with Crippen LogP contribution in [0, 0.1) is 11.3 Å². The van der Waals surface area contributed by atoms with Crippen LogP contribution in [-0.2, 0) is 9.84 Å². The molecule has 0 aliphatic heterocycles. The normalized spacial score (nSPS) is 10.8. The van der Waals surface area contributed by atoms with Crippen LogP contribution >= 0.6 is 0 Å². The molecule has 0 saturated heterocycles. The second-order valence-electron chi connectivity index (χ2n) is 4.04. The van der Waals surface area contributed by atoms with Crippen molar-refractivity contribution >= 4 is 15.5 Å². The number of pyridine rings is 1. The highest BCUT2D eigenvalue weighted by Crippen LogP contribution is 2.23. The highest BCUT2D eigenvalue weighted by atomic mass is 32.2. The van der Waals surface area contributed by atoms with Crippen LogP contribution in [-0.4, -0.2) is 19.7 Å². The summed E-state index contributed by atoms with van der Waals surface area (Å²) in [7, 11) is -3.24. The molecule has 20 heavy (non-hydrogen) atoms. The number of aromatic nitrogens is 1. The number of hydrogen-bond donors (Lipinski definition) is 1. The first-order valence-corrected chi connectivity index (χ1v) is 7.44. The zero-order chi connectivity index (χ0) is 14.8. The van der Waals surface area contributed by atoms with E-state index in [4.69, 9.17) is 15.7 Å². The summed E-state index contributed by atoms with van der Waals surface area (Å²) in [6, 6.07) is 10.8. The van der Waals surface area contributed by atoms with Crippen molar-refractivity contribution in [2.24, 2.45) is 0 Å². The SMILES string of the molecule is CS(=O)(=O)c1ccc(Oc2ccc(N)c(C#N)n2)cc1. The van der Waals surface area contributed by atoms with E-state index in [1.807, 2.05) is 6.07 Å². The van der Waals surface area contributed by atoms with Gasteiger partial charge in [0.15, 0.2) is 15.5 Å². The van der Waals surface area contributed by atoms with Crippen LogP contribution in [0.4, 0.5) is 5.69 Å². The fourth-order valence-corrected chi connectivity index (χ4v) is 2.10. The Balaban J connectivity index is 2.25. The maximum Gasteiger partial charge on any atom is 0.220 e. The lowest BCUT2D eigenvalue weighted by Crippen LogP contribution is -1.98. The smallest absolute Gasteiger partial charge is 0.220 e. The van der Waals surface area contributed by atoms with Crippen molar-refractivity contribution in [3.8, 4) is 17.7 Å². The summed E-state index contributed by atoms with van der Waals surface area (Å²) in [4.78, 5) is 4.13. The van der Waals surface area contributed by atoms with Gasteiger partial charge in [-0.25, -0.2) is 13.4 Å². The molecule has 0 spiro atoms. The number of nitriles is 1. The predicted molar refractivity (Wildman–Crippen MR) is 73.0 cm³/mol. The van der Waals surface area contributed by atoms with Crippen molar-refractivity contribution in [2.45, 2.75) is 4.90 Å². The minimum absolute atomic E-state index is 0.0789. The monoisotopic (exact) mass is 289 g/mol. The highest BCUT2D eigenvalue weighted by Gasteiger charge is 2.08. The fourth-order valence-electron chi connectivity index (χ4n) is 1.47. The number of nitrogens with two attached hydrogens (primary N) is 1. The van der Waals surface area contributed by atoms with Crippen molar-refractivity contribution in [2.75, 3.05) is 12.0 Å². The van der Waals surface area contributed by atoms with Crippen LogP contribution in [0.15, 0.2) is 41.3 Å². The molecule has 1 aromatic carbocycles. The van der Waals surface area contributed by atoms with Crippen LogP contribution < -0.4 is 10.5 Å². The lowest BCUT2D eigenvalue weighted by molar-refractivity contribution is 0.462. The van der Waals surface area contributed by atoms with Gasteiger partial charge in [0.25, 0.3) is 0 Å². The molecule has 102 valence electrons. The Kier molecular flexibility index (Phi) is 3.59. The molecule has 0 aliphatic carbocycles. The lowest BCUT2D eigenvalue weighted by atomic mass is 10.3. The Bertz CT molecular complexity index is 777.